The molecule has 2 heterocycles. The first-order chi connectivity index (χ1) is 14.0. The number of Topliss-reactive ketones (excluding diaryl/α,β-unsaturated/α-hetero) is 1. The molecule has 0 radical (unpaired) electrons. The Morgan fingerprint density at radius 2 is 1.69 bits per heavy atom. The van der Waals surface area contributed by atoms with E-state index in [4.69, 9.17) is 0 Å². The van der Waals surface area contributed by atoms with Crippen LogP contribution >= 0.6 is 0 Å². The van der Waals surface area contributed by atoms with Crippen molar-refractivity contribution in [2.45, 2.75) is 12.2 Å². The molecule has 2 aromatic carbocycles. The third-order valence-electron chi connectivity index (χ3n) is 4.19. The third kappa shape index (κ3) is 4.00. The number of benzene rings is 2. The summed E-state index contributed by atoms with van der Waals surface area (Å²) in [5, 5.41) is 8.82. The zero-order valence-corrected chi connectivity index (χ0v) is 14.8. The number of fused-ring (bicyclic) bond motifs is 1. The highest BCUT2D eigenvalue weighted by molar-refractivity contribution is 6.48. The Hall–Kier alpha value is -3.95. The van der Waals surface area contributed by atoms with Crippen molar-refractivity contribution in [3.63, 3.8) is 0 Å². The van der Waals surface area contributed by atoms with Crippen molar-refractivity contribution in [3.8, 4) is 0 Å². The fourth-order valence-corrected chi connectivity index (χ4v) is 2.94. The summed E-state index contributed by atoms with van der Waals surface area (Å²) in [6, 6.07) is 7.42. The molecule has 2 amide bonds. The minimum atomic E-state index is -0.717. The van der Waals surface area contributed by atoms with E-state index >= 15 is 0 Å². The second kappa shape index (κ2) is 7.58. The van der Waals surface area contributed by atoms with Crippen molar-refractivity contribution in [1.29, 1.82) is 0 Å². The maximum Gasteiger partial charge on any atom is 0.323 e. The number of hydrogen-bond acceptors (Lipinski definition) is 6. The van der Waals surface area contributed by atoms with E-state index in [9.17, 15) is 18.4 Å². The summed E-state index contributed by atoms with van der Waals surface area (Å²) in [5.41, 5.74) is 3.08. The van der Waals surface area contributed by atoms with Gasteiger partial charge in [0.05, 0.1) is 0 Å². The smallest absolute Gasteiger partial charge is 0.308 e. The Morgan fingerprint density at radius 1 is 0.931 bits per heavy atom. The molecule has 0 saturated heterocycles. The van der Waals surface area contributed by atoms with Crippen LogP contribution in [0.15, 0.2) is 57.6 Å². The molecule has 2 unspecified atom stereocenters. The summed E-state index contributed by atoms with van der Waals surface area (Å²) < 4.78 is 27.3. The Balaban J connectivity index is 1.50. The van der Waals surface area contributed by atoms with Crippen LogP contribution in [0.25, 0.3) is 0 Å². The third-order valence-corrected chi connectivity index (χ3v) is 4.19. The van der Waals surface area contributed by atoms with Crippen LogP contribution in [0, 0.1) is 11.6 Å². The van der Waals surface area contributed by atoms with Gasteiger partial charge in [-0.2, -0.15) is 5.10 Å². The van der Waals surface area contributed by atoms with Crippen LogP contribution in [0.1, 0.15) is 10.4 Å². The van der Waals surface area contributed by atoms with Crippen molar-refractivity contribution in [3.05, 3.63) is 59.7 Å². The molecule has 0 aliphatic carbocycles. The summed E-state index contributed by atoms with van der Waals surface area (Å²) >= 11 is 0. The highest BCUT2D eigenvalue weighted by Crippen LogP contribution is 2.20. The fourth-order valence-electron chi connectivity index (χ4n) is 2.94. The zero-order chi connectivity index (χ0) is 20.4. The average Bonchev–Trinajstić information content (AvgIpc) is 3.11. The number of hydrogen-bond donors (Lipinski definition) is 3. The molecule has 8 nitrogen and oxygen atoms in total. The number of carbonyl (C=O) groups is 2. The standard InChI is InChI=1S/C19H14F2N6O2/c20-11-2-1-3-13(8-11)24-19(29)25-14-7-10(6-12(21)9-14)17(28)15-16-18(27-26-15)23-5-4-22-16/h1-9,16,18,27H,(H2,24,25,29). The Kier molecular flexibility index (Phi) is 4.82. The van der Waals surface area contributed by atoms with E-state index in [1.54, 1.807) is 0 Å². The SMILES string of the molecule is O=C(Nc1cccc(F)c1)Nc1cc(F)cc(C(=O)C2=NNC3N=CC=NC23)c1. The van der Waals surface area contributed by atoms with Gasteiger partial charge in [0.15, 0.2) is 6.17 Å². The van der Waals surface area contributed by atoms with Gasteiger partial charge in [0, 0.05) is 29.4 Å². The molecule has 29 heavy (non-hydrogen) atoms. The zero-order valence-electron chi connectivity index (χ0n) is 14.8. The van der Waals surface area contributed by atoms with Crippen LogP contribution in [-0.2, 0) is 0 Å². The van der Waals surface area contributed by atoms with Gasteiger partial charge in [-0.15, -0.1) is 0 Å². The summed E-state index contributed by atoms with van der Waals surface area (Å²) in [6.45, 7) is 0. The summed E-state index contributed by atoms with van der Waals surface area (Å²) in [5.74, 6) is -1.77. The molecular formula is C19H14F2N6O2. The normalized spacial score (nSPS) is 19.2. The van der Waals surface area contributed by atoms with Crippen LogP contribution < -0.4 is 16.1 Å². The van der Waals surface area contributed by atoms with E-state index in [1.807, 2.05) is 0 Å². The molecule has 146 valence electrons. The van der Waals surface area contributed by atoms with Gasteiger partial charge < -0.3 is 10.6 Å². The minimum absolute atomic E-state index is 0.00277. The maximum atomic E-state index is 14.1. The molecule has 2 aliphatic heterocycles. The van der Waals surface area contributed by atoms with Gasteiger partial charge >= 0.3 is 6.03 Å². The topological polar surface area (TPSA) is 107 Å². The van der Waals surface area contributed by atoms with E-state index in [2.05, 4.69) is 31.1 Å². The van der Waals surface area contributed by atoms with Crippen LogP contribution in [-0.4, -0.2) is 42.2 Å². The lowest BCUT2D eigenvalue weighted by molar-refractivity contribution is 0.106. The van der Waals surface area contributed by atoms with Crippen molar-refractivity contribution in [1.82, 2.24) is 5.43 Å². The van der Waals surface area contributed by atoms with Crippen LogP contribution in [0.2, 0.25) is 0 Å². The lowest BCUT2D eigenvalue weighted by atomic mass is 10.00. The summed E-state index contributed by atoms with van der Waals surface area (Å²) in [7, 11) is 0. The quantitative estimate of drug-likeness (QED) is 0.692. The van der Waals surface area contributed by atoms with Gasteiger partial charge in [-0.1, -0.05) is 6.07 Å². The minimum Gasteiger partial charge on any atom is -0.308 e. The van der Waals surface area contributed by atoms with Crippen molar-refractivity contribution in [2.75, 3.05) is 10.6 Å². The molecule has 0 aromatic heterocycles. The molecule has 0 spiro atoms. The predicted octanol–water partition coefficient (Wildman–Crippen LogP) is 2.60. The molecular weight excluding hydrogens is 382 g/mol. The molecule has 2 aliphatic rings. The van der Waals surface area contributed by atoms with Gasteiger partial charge in [-0.3, -0.25) is 20.2 Å². The number of hydrazone groups is 1. The molecule has 10 heteroatoms. The lowest BCUT2D eigenvalue weighted by Gasteiger charge is -2.15. The average molecular weight is 396 g/mol. The highest BCUT2D eigenvalue weighted by Gasteiger charge is 2.36. The second-order valence-corrected chi connectivity index (χ2v) is 6.26. The monoisotopic (exact) mass is 396 g/mol. The first-order valence-corrected chi connectivity index (χ1v) is 8.56. The lowest BCUT2D eigenvalue weighted by Crippen LogP contribution is -2.36. The largest absolute Gasteiger partial charge is 0.323 e. The Labute approximate surface area is 163 Å². The number of ketones is 1. The Bertz CT molecular complexity index is 1080. The maximum absolute atomic E-state index is 14.1. The van der Waals surface area contributed by atoms with E-state index in [0.717, 1.165) is 18.2 Å². The van der Waals surface area contributed by atoms with Crippen molar-refractivity contribution in [2.24, 2.45) is 15.1 Å². The van der Waals surface area contributed by atoms with E-state index in [1.165, 1.54) is 36.7 Å². The molecule has 4 rings (SSSR count). The van der Waals surface area contributed by atoms with Crippen LogP contribution in [0.4, 0.5) is 25.0 Å². The summed E-state index contributed by atoms with van der Waals surface area (Å²) in [6.07, 6.45) is 2.49. The van der Waals surface area contributed by atoms with Gasteiger partial charge in [0.25, 0.3) is 0 Å². The van der Waals surface area contributed by atoms with Crippen LogP contribution in [0.3, 0.4) is 0 Å². The number of aliphatic imine (C=N–C) groups is 2. The number of amides is 2. The summed E-state index contributed by atoms with van der Waals surface area (Å²) in [4.78, 5) is 33.2. The predicted molar refractivity (Wildman–Crippen MR) is 105 cm³/mol. The van der Waals surface area contributed by atoms with Gasteiger partial charge in [-0.05, 0) is 36.4 Å². The molecule has 3 N–H and O–H groups in total. The molecule has 0 saturated carbocycles. The number of nitrogens with one attached hydrogen (secondary N) is 3. The number of nitrogens with zero attached hydrogens (tertiary/aromatic N) is 3. The number of urea groups is 1. The number of rotatable bonds is 4. The second-order valence-electron chi connectivity index (χ2n) is 6.26. The van der Waals surface area contributed by atoms with E-state index in [-0.39, 0.29) is 22.6 Å². The highest BCUT2D eigenvalue weighted by atomic mass is 19.1. The number of halogens is 2. The van der Waals surface area contributed by atoms with Gasteiger partial charge in [0.1, 0.15) is 23.4 Å². The molecule has 2 atom stereocenters. The van der Waals surface area contributed by atoms with E-state index in [0.29, 0.717) is 0 Å². The molecule has 0 fully saturated rings. The first-order valence-electron chi connectivity index (χ1n) is 8.56. The number of anilines is 2. The van der Waals surface area contributed by atoms with Crippen molar-refractivity contribution >= 4 is 41.3 Å². The first kappa shape index (κ1) is 18.4. The Morgan fingerprint density at radius 3 is 2.52 bits per heavy atom. The van der Waals surface area contributed by atoms with Crippen molar-refractivity contribution < 1.29 is 18.4 Å². The van der Waals surface area contributed by atoms with Gasteiger partial charge in [-0.25, -0.2) is 13.6 Å². The molecule has 0 bridgehead atoms. The number of carbonyl (C=O) groups excluding carboxylic acids is 2. The van der Waals surface area contributed by atoms with E-state index < -0.39 is 35.7 Å². The van der Waals surface area contributed by atoms with Gasteiger partial charge in [0.2, 0.25) is 5.78 Å². The fraction of sp³-hybridized carbons (Fsp3) is 0.105. The van der Waals surface area contributed by atoms with Crippen LogP contribution in [0.5, 0.6) is 0 Å². The molecule has 2 aromatic rings.